The van der Waals surface area contributed by atoms with Crippen molar-refractivity contribution in [3.05, 3.63) is 0 Å². The normalized spacial score (nSPS) is 34.0. The highest BCUT2D eigenvalue weighted by atomic mass is 15.3. The smallest absolute Gasteiger partial charge is 0.0459 e. The van der Waals surface area contributed by atoms with Gasteiger partial charge >= 0.3 is 0 Å². The van der Waals surface area contributed by atoms with Crippen LogP contribution in [-0.2, 0) is 0 Å². The maximum atomic E-state index is 5.62. The van der Waals surface area contributed by atoms with Crippen molar-refractivity contribution < 1.29 is 0 Å². The highest BCUT2D eigenvalue weighted by molar-refractivity contribution is 4.84. The summed E-state index contributed by atoms with van der Waals surface area (Å²) in [6, 6.07) is 1.04. The van der Waals surface area contributed by atoms with Crippen LogP contribution in [0.25, 0.3) is 0 Å². The second-order valence-corrected chi connectivity index (χ2v) is 3.47. The molecule has 0 saturated carbocycles. The quantitative estimate of drug-likeness (QED) is 0.573. The van der Waals surface area contributed by atoms with E-state index in [1.165, 1.54) is 0 Å². The lowest BCUT2D eigenvalue weighted by atomic mass is 10.1. The van der Waals surface area contributed by atoms with Crippen LogP contribution in [0.3, 0.4) is 0 Å². The van der Waals surface area contributed by atoms with Crippen LogP contribution < -0.4 is 11.5 Å². The average Bonchev–Trinajstić information content (AvgIpc) is 2.10. The molecule has 72 valence electrons. The van der Waals surface area contributed by atoms with Gasteiger partial charge in [-0.25, -0.2) is 0 Å². The van der Waals surface area contributed by atoms with Gasteiger partial charge < -0.3 is 11.5 Å². The number of hydrogen-bond donors (Lipinski definition) is 2. The zero-order valence-corrected chi connectivity index (χ0v) is 8.03. The van der Waals surface area contributed by atoms with Gasteiger partial charge in [0.15, 0.2) is 0 Å². The lowest BCUT2D eigenvalue weighted by Crippen LogP contribution is -2.59. The van der Waals surface area contributed by atoms with Crippen molar-refractivity contribution in [3.8, 4) is 0 Å². The number of nitrogens with zero attached hydrogens (tertiary/aromatic N) is 2. The van der Waals surface area contributed by atoms with E-state index in [9.17, 15) is 0 Å². The molecule has 0 amide bonds. The molecule has 1 fully saturated rings. The summed E-state index contributed by atoms with van der Waals surface area (Å²) in [5.41, 5.74) is 11.2. The van der Waals surface area contributed by atoms with Crippen LogP contribution in [0.4, 0.5) is 0 Å². The summed E-state index contributed by atoms with van der Waals surface area (Å²) in [7, 11) is 0. The molecular weight excluding hydrogens is 152 g/mol. The molecule has 12 heavy (non-hydrogen) atoms. The number of nitrogens with two attached hydrogens (primary N) is 2. The SMILES string of the molecule is CC1C(C)N(CN)CCN1CN. The fourth-order valence-electron chi connectivity index (χ4n) is 1.79. The summed E-state index contributed by atoms with van der Waals surface area (Å²) in [4.78, 5) is 4.58. The minimum atomic E-state index is 0.521. The summed E-state index contributed by atoms with van der Waals surface area (Å²) < 4.78 is 0. The van der Waals surface area contributed by atoms with Crippen LogP contribution in [0.1, 0.15) is 13.8 Å². The molecule has 1 saturated heterocycles. The van der Waals surface area contributed by atoms with Crippen molar-refractivity contribution in [3.63, 3.8) is 0 Å². The molecule has 4 nitrogen and oxygen atoms in total. The van der Waals surface area contributed by atoms with Gasteiger partial charge in [0.05, 0.1) is 0 Å². The number of rotatable bonds is 2. The van der Waals surface area contributed by atoms with Crippen LogP contribution in [0, 0.1) is 0 Å². The van der Waals surface area contributed by atoms with Gasteiger partial charge in [0.2, 0.25) is 0 Å². The highest BCUT2D eigenvalue weighted by Gasteiger charge is 2.28. The van der Waals surface area contributed by atoms with E-state index in [0.717, 1.165) is 13.1 Å². The van der Waals surface area contributed by atoms with E-state index in [2.05, 4.69) is 23.6 Å². The van der Waals surface area contributed by atoms with Crippen LogP contribution >= 0.6 is 0 Å². The summed E-state index contributed by atoms with van der Waals surface area (Å²) in [6.45, 7) is 7.81. The lowest BCUT2D eigenvalue weighted by molar-refractivity contribution is 0.0391. The molecule has 0 aromatic carbocycles. The van der Waals surface area contributed by atoms with Crippen molar-refractivity contribution >= 4 is 0 Å². The topological polar surface area (TPSA) is 58.5 Å². The van der Waals surface area contributed by atoms with Crippen LogP contribution in [-0.4, -0.2) is 48.3 Å². The Labute approximate surface area is 74.5 Å². The number of piperazine rings is 1. The third-order valence-electron chi connectivity index (χ3n) is 2.99. The Kier molecular flexibility index (Phi) is 3.46. The molecule has 0 aromatic heterocycles. The van der Waals surface area contributed by atoms with Gasteiger partial charge in [-0.3, -0.25) is 9.80 Å². The van der Waals surface area contributed by atoms with E-state index in [1.54, 1.807) is 0 Å². The maximum absolute atomic E-state index is 5.62. The third kappa shape index (κ3) is 1.77. The van der Waals surface area contributed by atoms with Crippen LogP contribution in [0.2, 0.25) is 0 Å². The van der Waals surface area contributed by atoms with E-state index in [0.29, 0.717) is 25.4 Å². The molecule has 1 rings (SSSR count). The Morgan fingerprint density at radius 3 is 1.58 bits per heavy atom. The van der Waals surface area contributed by atoms with E-state index in [1.807, 2.05) is 0 Å². The van der Waals surface area contributed by atoms with E-state index in [-0.39, 0.29) is 0 Å². The fraction of sp³-hybridized carbons (Fsp3) is 1.00. The fourth-order valence-corrected chi connectivity index (χ4v) is 1.79. The second kappa shape index (κ2) is 4.18. The Morgan fingerprint density at radius 2 is 1.33 bits per heavy atom. The van der Waals surface area contributed by atoms with Crippen molar-refractivity contribution in [1.82, 2.24) is 9.80 Å². The number of hydrogen-bond acceptors (Lipinski definition) is 4. The Morgan fingerprint density at radius 1 is 1.00 bits per heavy atom. The largest absolute Gasteiger partial charge is 0.318 e. The molecular formula is C8H20N4. The Balaban J connectivity index is 2.52. The van der Waals surface area contributed by atoms with Gasteiger partial charge in [-0.1, -0.05) is 0 Å². The molecule has 0 aliphatic carbocycles. The van der Waals surface area contributed by atoms with Crippen molar-refractivity contribution in [2.75, 3.05) is 26.4 Å². The molecule has 0 bridgehead atoms. The first-order valence-corrected chi connectivity index (χ1v) is 4.59. The minimum Gasteiger partial charge on any atom is -0.318 e. The van der Waals surface area contributed by atoms with E-state index in [4.69, 9.17) is 11.5 Å². The molecule has 0 spiro atoms. The van der Waals surface area contributed by atoms with Crippen molar-refractivity contribution in [2.24, 2.45) is 11.5 Å². The van der Waals surface area contributed by atoms with Crippen LogP contribution in [0.15, 0.2) is 0 Å². The van der Waals surface area contributed by atoms with Gasteiger partial charge in [-0.15, -0.1) is 0 Å². The molecule has 2 unspecified atom stereocenters. The first-order valence-electron chi connectivity index (χ1n) is 4.59. The van der Waals surface area contributed by atoms with Gasteiger partial charge in [-0.2, -0.15) is 0 Å². The van der Waals surface area contributed by atoms with Gasteiger partial charge in [0, 0.05) is 38.5 Å². The van der Waals surface area contributed by atoms with E-state index < -0.39 is 0 Å². The standard InChI is InChI=1S/C8H20N4/c1-7-8(2)12(6-10)4-3-11(7)5-9/h7-8H,3-6,9-10H2,1-2H3. The summed E-state index contributed by atoms with van der Waals surface area (Å²) in [5, 5.41) is 0. The predicted molar refractivity (Wildman–Crippen MR) is 50.4 cm³/mol. The summed E-state index contributed by atoms with van der Waals surface area (Å²) in [5.74, 6) is 0. The minimum absolute atomic E-state index is 0.521. The Bertz CT molecular complexity index is 123. The van der Waals surface area contributed by atoms with E-state index >= 15 is 0 Å². The Hall–Kier alpha value is -0.160. The summed E-state index contributed by atoms with van der Waals surface area (Å²) >= 11 is 0. The monoisotopic (exact) mass is 172 g/mol. The van der Waals surface area contributed by atoms with Gasteiger partial charge in [0.1, 0.15) is 0 Å². The lowest BCUT2D eigenvalue weighted by Gasteiger charge is -2.43. The van der Waals surface area contributed by atoms with Crippen molar-refractivity contribution in [2.45, 2.75) is 25.9 Å². The van der Waals surface area contributed by atoms with Gasteiger partial charge in [0.25, 0.3) is 0 Å². The molecule has 1 aliphatic rings. The first kappa shape index (κ1) is 9.92. The highest BCUT2D eigenvalue weighted by Crippen LogP contribution is 2.14. The molecule has 0 aromatic rings. The zero-order valence-electron chi connectivity index (χ0n) is 8.03. The van der Waals surface area contributed by atoms with Crippen LogP contribution in [0.5, 0.6) is 0 Å². The molecule has 2 atom stereocenters. The zero-order chi connectivity index (χ0) is 9.14. The molecule has 4 N–H and O–H groups in total. The molecule has 4 heteroatoms. The summed E-state index contributed by atoms with van der Waals surface area (Å²) in [6.07, 6.45) is 0. The molecule has 1 aliphatic heterocycles. The third-order valence-corrected chi connectivity index (χ3v) is 2.99. The maximum Gasteiger partial charge on any atom is 0.0459 e. The first-order chi connectivity index (χ1) is 5.70. The van der Waals surface area contributed by atoms with Crippen molar-refractivity contribution in [1.29, 1.82) is 0 Å². The molecule has 1 heterocycles. The predicted octanol–water partition coefficient (Wildman–Crippen LogP) is -0.787. The van der Waals surface area contributed by atoms with Gasteiger partial charge in [-0.05, 0) is 13.8 Å². The average molecular weight is 172 g/mol. The molecule has 0 radical (unpaired) electrons. The second-order valence-electron chi connectivity index (χ2n) is 3.47.